The van der Waals surface area contributed by atoms with Gasteiger partial charge in [0, 0.05) is 19.5 Å². The van der Waals surface area contributed by atoms with Crippen molar-refractivity contribution in [3.8, 4) is 0 Å². The van der Waals surface area contributed by atoms with Crippen LogP contribution in [0, 0.1) is 5.82 Å². The summed E-state index contributed by atoms with van der Waals surface area (Å²) in [5.41, 5.74) is 5.94. The fourth-order valence-electron chi connectivity index (χ4n) is 1.56. The summed E-state index contributed by atoms with van der Waals surface area (Å²) in [5, 5.41) is 3.54. The van der Waals surface area contributed by atoms with Gasteiger partial charge in [0.05, 0.1) is 0 Å². The standard InChI is InChI=1S/C11H13FN4O3S/c12-9-2-1-8(6-13)5-10(9)20(17,18)15-4-3-11-14-7-19-16-11/h1-2,5,7,15H,3-4,6,13H2. The normalized spacial score (nSPS) is 11.7. The van der Waals surface area contributed by atoms with E-state index in [0.717, 1.165) is 12.5 Å². The summed E-state index contributed by atoms with van der Waals surface area (Å²) in [5.74, 6) is -0.460. The summed E-state index contributed by atoms with van der Waals surface area (Å²) < 4.78 is 44.4. The molecule has 2 rings (SSSR count). The zero-order valence-electron chi connectivity index (χ0n) is 10.4. The highest BCUT2D eigenvalue weighted by Crippen LogP contribution is 2.16. The smallest absolute Gasteiger partial charge is 0.243 e. The van der Waals surface area contributed by atoms with Gasteiger partial charge < -0.3 is 10.3 Å². The second-order valence-electron chi connectivity index (χ2n) is 3.96. The highest BCUT2D eigenvalue weighted by molar-refractivity contribution is 7.89. The van der Waals surface area contributed by atoms with Crippen LogP contribution < -0.4 is 10.5 Å². The molecule has 0 saturated heterocycles. The van der Waals surface area contributed by atoms with Crippen molar-refractivity contribution in [2.45, 2.75) is 17.9 Å². The topological polar surface area (TPSA) is 111 Å². The number of benzene rings is 1. The fourth-order valence-corrected chi connectivity index (χ4v) is 2.72. The Kier molecular flexibility index (Phi) is 4.42. The number of nitrogens with two attached hydrogens (primary N) is 1. The van der Waals surface area contributed by atoms with Crippen LogP contribution in [0.5, 0.6) is 0 Å². The van der Waals surface area contributed by atoms with E-state index in [9.17, 15) is 12.8 Å². The Morgan fingerprint density at radius 3 is 2.85 bits per heavy atom. The first kappa shape index (κ1) is 14.6. The van der Waals surface area contributed by atoms with Gasteiger partial charge in [0.1, 0.15) is 10.7 Å². The average molecular weight is 300 g/mol. The van der Waals surface area contributed by atoms with Crippen LogP contribution in [0.1, 0.15) is 11.4 Å². The maximum Gasteiger partial charge on any atom is 0.243 e. The molecule has 9 heteroatoms. The van der Waals surface area contributed by atoms with E-state index in [2.05, 4.69) is 19.4 Å². The van der Waals surface area contributed by atoms with Gasteiger partial charge in [-0.3, -0.25) is 0 Å². The summed E-state index contributed by atoms with van der Waals surface area (Å²) in [6.45, 7) is 0.166. The Morgan fingerprint density at radius 2 is 2.20 bits per heavy atom. The summed E-state index contributed by atoms with van der Waals surface area (Å²) in [7, 11) is -3.94. The summed E-state index contributed by atoms with van der Waals surface area (Å²) in [6, 6.07) is 3.73. The van der Waals surface area contributed by atoms with Crippen LogP contribution in [0.25, 0.3) is 0 Å². The Hall–Kier alpha value is -1.84. The lowest BCUT2D eigenvalue weighted by atomic mass is 10.2. The molecule has 7 nitrogen and oxygen atoms in total. The third kappa shape index (κ3) is 3.38. The maximum absolute atomic E-state index is 13.6. The SMILES string of the molecule is NCc1ccc(F)c(S(=O)(=O)NCCc2ncon2)c1. The van der Waals surface area contributed by atoms with Gasteiger partial charge in [-0.2, -0.15) is 4.98 Å². The van der Waals surface area contributed by atoms with Crippen molar-refractivity contribution in [3.63, 3.8) is 0 Å². The number of hydrogen-bond donors (Lipinski definition) is 2. The van der Waals surface area contributed by atoms with Crippen LogP contribution in [0.4, 0.5) is 4.39 Å². The van der Waals surface area contributed by atoms with E-state index in [4.69, 9.17) is 5.73 Å². The van der Waals surface area contributed by atoms with E-state index < -0.39 is 20.7 Å². The number of nitrogens with zero attached hydrogens (tertiary/aromatic N) is 2. The van der Waals surface area contributed by atoms with E-state index in [-0.39, 0.29) is 19.5 Å². The van der Waals surface area contributed by atoms with Crippen molar-refractivity contribution in [3.05, 3.63) is 41.8 Å². The van der Waals surface area contributed by atoms with Gasteiger partial charge in [-0.15, -0.1) is 0 Å². The molecule has 2 aromatic rings. The Morgan fingerprint density at radius 1 is 1.40 bits per heavy atom. The van der Waals surface area contributed by atoms with E-state index in [1.165, 1.54) is 12.1 Å². The minimum absolute atomic E-state index is 0.0359. The number of rotatable bonds is 6. The minimum Gasteiger partial charge on any atom is -0.343 e. The molecule has 20 heavy (non-hydrogen) atoms. The number of nitrogens with one attached hydrogen (secondary N) is 1. The highest BCUT2D eigenvalue weighted by atomic mass is 32.2. The molecular weight excluding hydrogens is 287 g/mol. The van der Waals surface area contributed by atoms with Crippen LogP contribution in [0.15, 0.2) is 34.0 Å². The molecule has 0 aliphatic carbocycles. The average Bonchev–Trinajstić information content (AvgIpc) is 2.92. The third-order valence-corrected chi connectivity index (χ3v) is 4.04. The van der Waals surface area contributed by atoms with Crippen molar-refractivity contribution < 1.29 is 17.3 Å². The zero-order chi connectivity index (χ0) is 14.6. The molecule has 0 atom stereocenters. The van der Waals surface area contributed by atoms with E-state index in [0.29, 0.717) is 11.4 Å². The van der Waals surface area contributed by atoms with Gasteiger partial charge in [0.15, 0.2) is 5.82 Å². The molecule has 1 heterocycles. The van der Waals surface area contributed by atoms with Gasteiger partial charge in [-0.1, -0.05) is 11.2 Å². The molecule has 0 bridgehead atoms. The summed E-state index contributed by atoms with van der Waals surface area (Å²) in [4.78, 5) is 3.33. The quantitative estimate of drug-likeness (QED) is 0.787. The predicted octanol–water partition coefficient (Wildman–Crippen LogP) is 0.188. The van der Waals surface area contributed by atoms with Crippen molar-refractivity contribution in [1.29, 1.82) is 0 Å². The van der Waals surface area contributed by atoms with Crippen LogP contribution in [0.3, 0.4) is 0 Å². The lowest BCUT2D eigenvalue weighted by Gasteiger charge is -2.08. The molecule has 108 valence electrons. The second kappa shape index (κ2) is 6.07. The van der Waals surface area contributed by atoms with Crippen molar-refractivity contribution in [1.82, 2.24) is 14.9 Å². The van der Waals surface area contributed by atoms with Crippen molar-refractivity contribution in [2.75, 3.05) is 6.54 Å². The van der Waals surface area contributed by atoms with Crippen LogP contribution in [-0.4, -0.2) is 25.1 Å². The van der Waals surface area contributed by atoms with Crippen molar-refractivity contribution in [2.24, 2.45) is 5.73 Å². The Labute approximate surface area is 115 Å². The first-order chi connectivity index (χ1) is 9.53. The van der Waals surface area contributed by atoms with Crippen LogP contribution >= 0.6 is 0 Å². The predicted molar refractivity (Wildman–Crippen MR) is 67.5 cm³/mol. The molecule has 0 amide bonds. The maximum atomic E-state index is 13.6. The van der Waals surface area contributed by atoms with E-state index in [1.807, 2.05) is 0 Å². The lowest BCUT2D eigenvalue weighted by Crippen LogP contribution is -2.27. The molecule has 0 aliphatic rings. The minimum atomic E-state index is -3.94. The van der Waals surface area contributed by atoms with Gasteiger partial charge >= 0.3 is 0 Å². The van der Waals surface area contributed by atoms with Crippen LogP contribution in [0.2, 0.25) is 0 Å². The zero-order valence-corrected chi connectivity index (χ0v) is 11.2. The molecule has 0 aliphatic heterocycles. The van der Waals surface area contributed by atoms with Gasteiger partial charge in [-0.25, -0.2) is 17.5 Å². The largest absolute Gasteiger partial charge is 0.343 e. The van der Waals surface area contributed by atoms with Gasteiger partial charge in [-0.05, 0) is 17.7 Å². The van der Waals surface area contributed by atoms with Gasteiger partial charge in [0.25, 0.3) is 0 Å². The monoisotopic (exact) mass is 300 g/mol. The molecule has 0 radical (unpaired) electrons. The summed E-state index contributed by atoms with van der Waals surface area (Å²) in [6.07, 6.45) is 1.39. The third-order valence-electron chi connectivity index (χ3n) is 2.57. The Bertz CT molecular complexity index is 673. The fraction of sp³-hybridized carbons (Fsp3) is 0.273. The molecule has 0 fully saturated rings. The van der Waals surface area contributed by atoms with Gasteiger partial charge in [0.2, 0.25) is 16.4 Å². The molecule has 0 unspecified atom stereocenters. The molecule has 0 saturated carbocycles. The van der Waals surface area contributed by atoms with Crippen molar-refractivity contribution >= 4 is 10.0 Å². The van der Waals surface area contributed by atoms with Crippen LogP contribution in [-0.2, 0) is 23.0 Å². The van der Waals surface area contributed by atoms with E-state index >= 15 is 0 Å². The number of sulfonamides is 1. The highest BCUT2D eigenvalue weighted by Gasteiger charge is 2.19. The lowest BCUT2D eigenvalue weighted by molar-refractivity contribution is 0.409. The second-order valence-corrected chi connectivity index (χ2v) is 5.70. The number of aromatic nitrogens is 2. The molecule has 3 N–H and O–H groups in total. The first-order valence-corrected chi connectivity index (χ1v) is 7.24. The Balaban J connectivity index is 2.09. The molecule has 1 aromatic carbocycles. The number of halogens is 1. The molecular formula is C11H13FN4O3S. The summed E-state index contributed by atoms with van der Waals surface area (Å²) >= 11 is 0. The molecule has 1 aromatic heterocycles. The first-order valence-electron chi connectivity index (χ1n) is 5.76. The number of hydrogen-bond acceptors (Lipinski definition) is 6. The van der Waals surface area contributed by atoms with E-state index in [1.54, 1.807) is 0 Å². The molecule has 0 spiro atoms.